The molecule has 2 unspecified atom stereocenters. The van der Waals surface area contributed by atoms with Crippen molar-refractivity contribution in [2.45, 2.75) is 42.4 Å². The van der Waals surface area contributed by atoms with Crippen LogP contribution in [0.1, 0.15) is 26.2 Å². The number of hydrogen-bond donors (Lipinski definition) is 1. The first-order chi connectivity index (χ1) is 9.93. The molecular weight excluding hydrogens is 306 g/mol. The van der Waals surface area contributed by atoms with E-state index in [-0.39, 0.29) is 4.90 Å². The van der Waals surface area contributed by atoms with Crippen LogP contribution in [-0.2, 0) is 10.0 Å². The normalized spacial score (nSPS) is 22.7. The van der Waals surface area contributed by atoms with E-state index in [2.05, 4.69) is 17.2 Å². The Balaban J connectivity index is 1.98. The summed E-state index contributed by atoms with van der Waals surface area (Å²) in [6.45, 7) is 2.19. The molecule has 1 aliphatic carbocycles. The Morgan fingerprint density at radius 1 is 1.38 bits per heavy atom. The van der Waals surface area contributed by atoms with Crippen molar-refractivity contribution in [3.63, 3.8) is 0 Å². The van der Waals surface area contributed by atoms with Crippen LogP contribution in [0.2, 0.25) is 0 Å². The van der Waals surface area contributed by atoms with Crippen LogP contribution in [0.3, 0.4) is 0 Å². The molecule has 1 N–H and O–H groups in total. The first-order valence-corrected chi connectivity index (χ1v) is 9.69. The lowest BCUT2D eigenvalue weighted by molar-refractivity contribution is 0.520. The van der Waals surface area contributed by atoms with Crippen LogP contribution >= 0.6 is 11.8 Å². The van der Waals surface area contributed by atoms with E-state index in [0.29, 0.717) is 6.04 Å². The topological polar surface area (TPSA) is 62.3 Å². The van der Waals surface area contributed by atoms with Gasteiger partial charge < -0.3 is 5.32 Å². The molecule has 1 aliphatic rings. The van der Waals surface area contributed by atoms with Gasteiger partial charge in [0, 0.05) is 31.6 Å². The zero-order chi connectivity index (χ0) is 15.5. The van der Waals surface area contributed by atoms with Gasteiger partial charge in [0.1, 0.15) is 10.7 Å². The summed E-state index contributed by atoms with van der Waals surface area (Å²) in [6, 6.07) is 3.80. The molecule has 2 atom stereocenters. The van der Waals surface area contributed by atoms with Gasteiger partial charge in [0.25, 0.3) is 0 Å². The molecule has 1 heterocycles. The zero-order valence-corrected chi connectivity index (χ0v) is 14.4. The summed E-state index contributed by atoms with van der Waals surface area (Å²) in [5.74, 6) is 1.91. The molecule has 0 saturated heterocycles. The van der Waals surface area contributed by atoms with Crippen LogP contribution in [-0.4, -0.2) is 48.8 Å². The Bertz CT molecular complexity index is 558. The van der Waals surface area contributed by atoms with E-state index >= 15 is 0 Å². The maximum Gasteiger partial charge on any atom is 0.244 e. The van der Waals surface area contributed by atoms with Gasteiger partial charge >= 0.3 is 0 Å². The van der Waals surface area contributed by atoms with Gasteiger partial charge in [0.05, 0.1) is 0 Å². The lowest BCUT2D eigenvalue weighted by Gasteiger charge is -2.15. The van der Waals surface area contributed by atoms with Crippen LogP contribution in [0.25, 0.3) is 0 Å². The highest BCUT2D eigenvalue weighted by molar-refractivity contribution is 7.99. The quantitative estimate of drug-likeness (QED) is 0.868. The van der Waals surface area contributed by atoms with Crippen molar-refractivity contribution in [3.8, 4) is 0 Å². The number of nitrogens with zero attached hydrogens (tertiary/aromatic N) is 2. The minimum absolute atomic E-state index is 0.226. The van der Waals surface area contributed by atoms with Crippen molar-refractivity contribution in [1.29, 1.82) is 0 Å². The minimum atomic E-state index is -3.40. The highest BCUT2D eigenvalue weighted by Crippen LogP contribution is 2.31. The smallest absolute Gasteiger partial charge is 0.244 e. The molecule has 1 aromatic rings. The Hall–Kier alpha value is -0.790. The third kappa shape index (κ3) is 4.11. The maximum atomic E-state index is 12.0. The molecule has 0 spiro atoms. The van der Waals surface area contributed by atoms with Gasteiger partial charge in [-0.25, -0.2) is 17.7 Å². The molecule has 1 aromatic heterocycles. The third-order valence-electron chi connectivity index (χ3n) is 3.65. The van der Waals surface area contributed by atoms with Gasteiger partial charge in [-0.3, -0.25) is 0 Å². The van der Waals surface area contributed by atoms with E-state index in [1.165, 1.54) is 31.0 Å². The SMILES string of the molecule is CCSC1CCC(Nc2ccc(S(=O)(=O)N(C)C)cn2)C1. The number of sulfonamides is 1. The van der Waals surface area contributed by atoms with Crippen LogP contribution < -0.4 is 5.32 Å². The second-order valence-electron chi connectivity index (χ2n) is 5.40. The van der Waals surface area contributed by atoms with Crippen molar-refractivity contribution in [2.24, 2.45) is 0 Å². The molecule has 0 radical (unpaired) electrons. The van der Waals surface area contributed by atoms with Gasteiger partial charge in [-0.1, -0.05) is 6.92 Å². The van der Waals surface area contributed by atoms with E-state index in [1.54, 1.807) is 12.1 Å². The zero-order valence-electron chi connectivity index (χ0n) is 12.7. The van der Waals surface area contributed by atoms with Gasteiger partial charge in [0.2, 0.25) is 10.0 Å². The van der Waals surface area contributed by atoms with Crippen LogP contribution in [0.5, 0.6) is 0 Å². The van der Waals surface area contributed by atoms with Gasteiger partial charge in [-0.05, 0) is 37.1 Å². The van der Waals surface area contributed by atoms with Gasteiger partial charge in [0.15, 0.2) is 0 Å². The molecule has 5 nitrogen and oxygen atoms in total. The highest BCUT2D eigenvalue weighted by Gasteiger charge is 2.25. The molecule has 0 aliphatic heterocycles. The van der Waals surface area contributed by atoms with Gasteiger partial charge in [-0.2, -0.15) is 11.8 Å². The molecule has 7 heteroatoms. The van der Waals surface area contributed by atoms with E-state index in [9.17, 15) is 8.42 Å². The minimum Gasteiger partial charge on any atom is -0.367 e. The van der Waals surface area contributed by atoms with Crippen molar-refractivity contribution in [2.75, 3.05) is 25.2 Å². The first-order valence-electron chi connectivity index (χ1n) is 7.20. The van der Waals surface area contributed by atoms with Gasteiger partial charge in [-0.15, -0.1) is 0 Å². The summed E-state index contributed by atoms with van der Waals surface area (Å²) in [7, 11) is -0.358. The largest absolute Gasteiger partial charge is 0.367 e. The highest BCUT2D eigenvalue weighted by atomic mass is 32.2. The lowest BCUT2D eigenvalue weighted by Crippen LogP contribution is -2.22. The number of nitrogens with one attached hydrogen (secondary N) is 1. The molecule has 0 bridgehead atoms. The van der Waals surface area contributed by atoms with Crippen LogP contribution in [0, 0.1) is 0 Å². The van der Waals surface area contributed by atoms with Crippen LogP contribution in [0.4, 0.5) is 5.82 Å². The molecule has 0 aromatic carbocycles. The van der Waals surface area contributed by atoms with Crippen molar-refractivity contribution < 1.29 is 8.42 Å². The average Bonchev–Trinajstić information content (AvgIpc) is 2.87. The fourth-order valence-corrected chi connectivity index (χ4v) is 4.49. The summed E-state index contributed by atoms with van der Waals surface area (Å²) >= 11 is 2.02. The summed E-state index contributed by atoms with van der Waals surface area (Å²) < 4.78 is 25.1. The predicted octanol–water partition coefficient (Wildman–Crippen LogP) is 2.42. The second-order valence-corrected chi connectivity index (χ2v) is 9.13. The third-order valence-corrected chi connectivity index (χ3v) is 6.69. The van der Waals surface area contributed by atoms with E-state index in [1.807, 2.05) is 11.8 Å². The summed E-state index contributed by atoms with van der Waals surface area (Å²) in [5.41, 5.74) is 0. The average molecular weight is 329 g/mol. The number of rotatable bonds is 6. The number of hydrogen-bond acceptors (Lipinski definition) is 5. The van der Waals surface area contributed by atoms with Crippen LogP contribution in [0.15, 0.2) is 23.2 Å². The standard InChI is InChI=1S/C14H23N3O2S2/c1-4-20-12-6-5-11(9-12)16-14-8-7-13(10-15-14)21(18,19)17(2)3/h7-8,10-12H,4-6,9H2,1-3H3,(H,15,16). The number of thioether (sulfide) groups is 1. The van der Waals surface area contributed by atoms with E-state index < -0.39 is 10.0 Å². The number of pyridine rings is 1. The molecule has 0 amide bonds. The fourth-order valence-electron chi connectivity index (χ4n) is 2.50. The van der Waals surface area contributed by atoms with E-state index in [4.69, 9.17) is 0 Å². The molecular formula is C14H23N3O2S2. The molecule has 1 fully saturated rings. The Morgan fingerprint density at radius 2 is 2.14 bits per heavy atom. The first kappa shape index (κ1) is 16.6. The van der Waals surface area contributed by atoms with E-state index in [0.717, 1.165) is 29.7 Å². The molecule has 1 saturated carbocycles. The Labute approximate surface area is 131 Å². The molecule has 2 rings (SSSR count). The molecule has 21 heavy (non-hydrogen) atoms. The Kier molecular flexibility index (Phi) is 5.51. The number of aromatic nitrogens is 1. The Morgan fingerprint density at radius 3 is 2.71 bits per heavy atom. The summed E-state index contributed by atoms with van der Waals surface area (Å²) in [6.07, 6.45) is 4.96. The summed E-state index contributed by atoms with van der Waals surface area (Å²) in [4.78, 5) is 4.46. The second kappa shape index (κ2) is 6.98. The summed E-state index contributed by atoms with van der Waals surface area (Å²) in [5, 5.41) is 4.14. The monoisotopic (exact) mass is 329 g/mol. The predicted molar refractivity (Wildman–Crippen MR) is 88.3 cm³/mol. The fraction of sp³-hybridized carbons (Fsp3) is 0.643. The molecule has 118 valence electrons. The lowest BCUT2D eigenvalue weighted by atomic mass is 10.2. The maximum absolute atomic E-state index is 12.0. The van der Waals surface area contributed by atoms with Crippen molar-refractivity contribution in [3.05, 3.63) is 18.3 Å². The van der Waals surface area contributed by atoms with Crippen molar-refractivity contribution >= 4 is 27.6 Å². The number of anilines is 1. The van der Waals surface area contributed by atoms with Crippen molar-refractivity contribution in [1.82, 2.24) is 9.29 Å².